The second-order valence-electron chi connectivity index (χ2n) is 6.58. The maximum absolute atomic E-state index is 10.3. The Morgan fingerprint density at radius 2 is 1.60 bits per heavy atom. The van der Waals surface area contributed by atoms with E-state index in [1.54, 1.807) is 0 Å². The van der Waals surface area contributed by atoms with Crippen molar-refractivity contribution in [1.29, 1.82) is 0 Å². The number of ether oxygens (including phenoxy) is 1. The predicted octanol–water partition coefficient (Wildman–Crippen LogP) is 3.27. The highest BCUT2D eigenvalue weighted by atomic mass is 16.5. The number of hydrogen-bond acceptors (Lipinski definition) is 3. The standard InChI is InChI=1S/C17H31NO2/c19-13-2-1-4-16-6-11-18(12-7-16)10-3-5-17-8-14-20-15-9-17/h13,16-17H,1-12,14-15H2. The van der Waals surface area contributed by atoms with Gasteiger partial charge in [0, 0.05) is 19.6 Å². The van der Waals surface area contributed by atoms with E-state index < -0.39 is 0 Å². The third-order valence-corrected chi connectivity index (χ3v) is 5.07. The predicted molar refractivity (Wildman–Crippen MR) is 81.9 cm³/mol. The summed E-state index contributed by atoms with van der Waals surface area (Å²) in [5.74, 6) is 1.80. The zero-order chi connectivity index (χ0) is 14.0. The summed E-state index contributed by atoms with van der Waals surface area (Å²) in [6, 6.07) is 0. The van der Waals surface area contributed by atoms with E-state index in [0.29, 0.717) is 0 Å². The van der Waals surface area contributed by atoms with Gasteiger partial charge in [-0.3, -0.25) is 0 Å². The lowest BCUT2D eigenvalue weighted by Gasteiger charge is -2.32. The number of carbonyl (C=O) groups is 1. The topological polar surface area (TPSA) is 29.5 Å². The average Bonchev–Trinajstić information content (AvgIpc) is 2.50. The molecule has 3 heteroatoms. The van der Waals surface area contributed by atoms with Crippen LogP contribution in [0.3, 0.4) is 0 Å². The SMILES string of the molecule is O=CCCCC1CCN(CCCC2CCOCC2)CC1. The van der Waals surface area contributed by atoms with Crippen LogP contribution in [0.25, 0.3) is 0 Å². The van der Waals surface area contributed by atoms with Crippen LogP contribution in [0.15, 0.2) is 0 Å². The van der Waals surface area contributed by atoms with E-state index >= 15 is 0 Å². The Bertz CT molecular complexity index is 256. The van der Waals surface area contributed by atoms with E-state index in [1.165, 1.54) is 64.6 Å². The molecule has 0 bridgehead atoms. The quantitative estimate of drug-likeness (QED) is 0.505. The number of piperidine rings is 1. The lowest BCUT2D eigenvalue weighted by atomic mass is 9.91. The molecule has 3 nitrogen and oxygen atoms in total. The Kier molecular flexibility index (Phi) is 7.60. The minimum Gasteiger partial charge on any atom is -0.381 e. The molecule has 0 radical (unpaired) electrons. The van der Waals surface area contributed by atoms with Crippen LogP contribution in [-0.4, -0.2) is 44.0 Å². The van der Waals surface area contributed by atoms with Crippen molar-refractivity contribution in [2.24, 2.45) is 11.8 Å². The molecule has 2 fully saturated rings. The highest BCUT2D eigenvalue weighted by molar-refractivity contribution is 5.48. The molecule has 0 N–H and O–H groups in total. The van der Waals surface area contributed by atoms with Crippen molar-refractivity contribution in [3.63, 3.8) is 0 Å². The van der Waals surface area contributed by atoms with Gasteiger partial charge in [-0.05, 0) is 82.8 Å². The molecule has 0 aliphatic carbocycles. The molecule has 0 aromatic rings. The molecule has 0 aromatic carbocycles. The normalized spacial score (nSPS) is 23.0. The zero-order valence-corrected chi connectivity index (χ0v) is 12.9. The summed E-state index contributed by atoms with van der Waals surface area (Å²) in [5.41, 5.74) is 0. The first-order valence-electron chi connectivity index (χ1n) is 8.62. The summed E-state index contributed by atoms with van der Waals surface area (Å²) in [6.45, 7) is 5.81. The molecule has 2 aliphatic rings. The van der Waals surface area contributed by atoms with E-state index in [9.17, 15) is 4.79 Å². The minimum atomic E-state index is 0.755. The molecule has 2 rings (SSSR count). The maximum Gasteiger partial charge on any atom is 0.119 e. The van der Waals surface area contributed by atoms with Gasteiger partial charge in [0.25, 0.3) is 0 Å². The van der Waals surface area contributed by atoms with Crippen molar-refractivity contribution < 1.29 is 9.53 Å². The first kappa shape index (κ1) is 16.0. The van der Waals surface area contributed by atoms with Crippen molar-refractivity contribution in [3.8, 4) is 0 Å². The summed E-state index contributed by atoms with van der Waals surface area (Å²) in [5, 5.41) is 0. The van der Waals surface area contributed by atoms with Crippen LogP contribution >= 0.6 is 0 Å². The van der Waals surface area contributed by atoms with Gasteiger partial charge in [-0.1, -0.05) is 0 Å². The molecule has 2 heterocycles. The fourth-order valence-corrected chi connectivity index (χ4v) is 3.63. The molecular formula is C17H31NO2. The van der Waals surface area contributed by atoms with Gasteiger partial charge in [-0.15, -0.1) is 0 Å². The molecule has 0 spiro atoms. The lowest BCUT2D eigenvalue weighted by Crippen LogP contribution is -2.34. The van der Waals surface area contributed by atoms with Crippen molar-refractivity contribution in [2.45, 2.75) is 57.8 Å². The third-order valence-electron chi connectivity index (χ3n) is 5.07. The molecule has 0 atom stereocenters. The number of nitrogens with zero attached hydrogens (tertiary/aromatic N) is 1. The molecular weight excluding hydrogens is 250 g/mol. The zero-order valence-electron chi connectivity index (χ0n) is 12.9. The highest BCUT2D eigenvalue weighted by Gasteiger charge is 2.19. The van der Waals surface area contributed by atoms with Crippen molar-refractivity contribution in [3.05, 3.63) is 0 Å². The smallest absolute Gasteiger partial charge is 0.119 e. The van der Waals surface area contributed by atoms with Crippen LogP contribution in [0.4, 0.5) is 0 Å². The van der Waals surface area contributed by atoms with Gasteiger partial charge in [0.05, 0.1) is 0 Å². The fraction of sp³-hybridized carbons (Fsp3) is 0.941. The fourth-order valence-electron chi connectivity index (χ4n) is 3.63. The number of likely N-dealkylation sites (tertiary alicyclic amines) is 1. The highest BCUT2D eigenvalue weighted by Crippen LogP contribution is 2.24. The Hall–Kier alpha value is -0.410. The largest absolute Gasteiger partial charge is 0.381 e. The number of unbranched alkanes of at least 4 members (excludes halogenated alkanes) is 1. The van der Waals surface area contributed by atoms with E-state index in [0.717, 1.165) is 44.2 Å². The summed E-state index contributed by atoms with van der Waals surface area (Å²) >= 11 is 0. The second kappa shape index (κ2) is 9.51. The van der Waals surface area contributed by atoms with E-state index in [2.05, 4.69) is 4.90 Å². The lowest BCUT2D eigenvalue weighted by molar-refractivity contribution is -0.108. The Labute approximate surface area is 124 Å². The molecule has 0 aromatic heterocycles. The van der Waals surface area contributed by atoms with E-state index in [1.807, 2.05) is 0 Å². The molecule has 0 saturated carbocycles. The number of rotatable bonds is 8. The van der Waals surface area contributed by atoms with Crippen molar-refractivity contribution >= 4 is 6.29 Å². The summed E-state index contributed by atoms with van der Waals surface area (Å²) in [4.78, 5) is 13.0. The summed E-state index contributed by atoms with van der Waals surface area (Å²) in [6.07, 6.45) is 12.2. The number of hydrogen-bond donors (Lipinski definition) is 0. The van der Waals surface area contributed by atoms with Crippen LogP contribution in [0.2, 0.25) is 0 Å². The molecule has 116 valence electrons. The Morgan fingerprint density at radius 3 is 2.30 bits per heavy atom. The van der Waals surface area contributed by atoms with Crippen LogP contribution < -0.4 is 0 Å². The van der Waals surface area contributed by atoms with Gasteiger partial charge in [0.2, 0.25) is 0 Å². The van der Waals surface area contributed by atoms with Crippen LogP contribution in [0.5, 0.6) is 0 Å². The number of aldehydes is 1. The summed E-state index contributed by atoms with van der Waals surface area (Å²) < 4.78 is 5.42. The molecule has 0 unspecified atom stereocenters. The van der Waals surface area contributed by atoms with Gasteiger partial charge in [0.15, 0.2) is 0 Å². The van der Waals surface area contributed by atoms with Gasteiger partial charge in [-0.25, -0.2) is 0 Å². The second-order valence-corrected chi connectivity index (χ2v) is 6.58. The van der Waals surface area contributed by atoms with Gasteiger partial charge in [0.1, 0.15) is 6.29 Å². The Morgan fingerprint density at radius 1 is 0.950 bits per heavy atom. The molecule has 20 heavy (non-hydrogen) atoms. The van der Waals surface area contributed by atoms with Crippen LogP contribution in [-0.2, 0) is 9.53 Å². The average molecular weight is 281 g/mol. The van der Waals surface area contributed by atoms with Gasteiger partial charge < -0.3 is 14.4 Å². The van der Waals surface area contributed by atoms with E-state index in [4.69, 9.17) is 4.74 Å². The maximum atomic E-state index is 10.3. The molecule has 2 aliphatic heterocycles. The number of carbonyl (C=O) groups excluding carboxylic acids is 1. The van der Waals surface area contributed by atoms with Gasteiger partial charge in [-0.2, -0.15) is 0 Å². The monoisotopic (exact) mass is 281 g/mol. The molecule has 2 saturated heterocycles. The Balaban J connectivity index is 1.49. The van der Waals surface area contributed by atoms with Crippen molar-refractivity contribution in [2.75, 3.05) is 32.8 Å². The van der Waals surface area contributed by atoms with Gasteiger partial charge >= 0.3 is 0 Å². The molecule has 0 amide bonds. The minimum absolute atomic E-state index is 0.755. The van der Waals surface area contributed by atoms with E-state index in [-0.39, 0.29) is 0 Å². The third kappa shape index (κ3) is 5.92. The summed E-state index contributed by atoms with van der Waals surface area (Å²) in [7, 11) is 0. The van der Waals surface area contributed by atoms with Crippen LogP contribution in [0, 0.1) is 11.8 Å². The first-order valence-corrected chi connectivity index (χ1v) is 8.62. The first-order chi connectivity index (χ1) is 9.88. The van der Waals surface area contributed by atoms with Crippen molar-refractivity contribution in [1.82, 2.24) is 4.90 Å². The van der Waals surface area contributed by atoms with Crippen LogP contribution in [0.1, 0.15) is 57.8 Å².